The van der Waals surface area contributed by atoms with E-state index in [4.69, 9.17) is 42.8 Å². The third-order valence-corrected chi connectivity index (χ3v) is 6.56. The number of amides is 1. The molecule has 1 aliphatic heterocycles. The van der Waals surface area contributed by atoms with Crippen LogP contribution in [0.4, 0.5) is 0 Å². The molecule has 37 heavy (non-hydrogen) atoms. The molecule has 2 N–H and O–H groups in total. The second-order valence-corrected chi connectivity index (χ2v) is 9.46. The number of carbonyl (C=O) groups is 1. The van der Waals surface area contributed by atoms with E-state index in [1.165, 1.54) is 0 Å². The Bertz CT molecular complexity index is 1260. The van der Waals surface area contributed by atoms with Crippen molar-refractivity contribution >= 4 is 35.0 Å². The monoisotopic (exact) mass is 538 g/mol. The topological polar surface area (TPSA) is 80.2 Å². The maximum absolute atomic E-state index is 13.8. The molecule has 0 saturated heterocycles. The first-order chi connectivity index (χ1) is 18.0. The summed E-state index contributed by atoms with van der Waals surface area (Å²) in [6.45, 7) is 4.48. The summed E-state index contributed by atoms with van der Waals surface area (Å²) in [4.78, 5) is 18.8. The molecule has 0 aliphatic carbocycles. The zero-order valence-corrected chi connectivity index (χ0v) is 21.7. The molecule has 1 amide bonds. The van der Waals surface area contributed by atoms with E-state index in [0.29, 0.717) is 45.8 Å². The highest BCUT2D eigenvalue weighted by Gasteiger charge is 2.53. The van der Waals surface area contributed by atoms with E-state index in [0.717, 1.165) is 5.56 Å². The molecule has 0 fully saturated rings. The van der Waals surface area contributed by atoms with E-state index in [2.05, 4.69) is 11.9 Å². The number of halogens is 2. The highest BCUT2D eigenvalue weighted by molar-refractivity contribution is 6.35. The van der Waals surface area contributed by atoms with Crippen LogP contribution in [0, 0.1) is 0 Å². The Balaban J connectivity index is 1.79. The van der Waals surface area contributed by atoms with Crippen molar-refractivity contribution in [3.05, 3.63) is 112 Å². The number of carbonyl (C=O) groups excluding carboxylic acids is 1. The molecule has 8 heteroatoms. The van der Waals surface area contributed by atoms with Crippen molar-refractivity contribution in [1.82, 2.24) is 5.32 Å². The first-order valence-electron chi connectivity index (χ1n) is 12.0. The number of aliphatic hydroxyl groups excluding tert-OH is 1. The van der Waals surface area contributed by atoms with Gasteiger partial charge in [0.2, 0.25) is 5.90 Å². The normalized spacial score (nSPS) is 18.6. The lowest BCUT2D eigenvalue weighted by Crippen LogP contribution is -2.50. The van der Waals surface area contributed by atoms with Crippen LogP contribution in [0.25, 0.3) is 0 Å². The van der Waals surface area contributed by atoms with E-state index in [1.54, 1.807) is 36.4 Å². The first-order valence-corrected chi connectivity index (χ1v) is 12.7. The van der Waals surface area contributed by atoms with Crippen LogP contribution in [0.1, 0.15) is 29.2 Å². The number of benzene rings is 3. The van der Waals surface area contributed by atoms with Gasteiger partial charge in [-0.25, -0.2) is 4.99 Å². The van der Waals surface area contributed by atoms with Crippen molar-refractivity contribution in [1.29, 1.82) is 0 Å². The van der Waals surface area contributed by atoms with Crippen molar-refractivity contribution in [2.75, 3.05) is 19.8 Å². The minimum Gasteiger partial charge on any atom is -0.494 e. The fourth-order valence-electron chi connectivity index (χ4n) is 4.20. The summed E-state index contributed by atoms with van der Waals surface area (Å²) in [7, 11) is 0. The average Bonchev–Trinajstić information content (AvgIpc) is 3.28. The summed E-state index contributed by atoms with van der Waals surface area (Å²) in [5, 5.41) is 12.8. The Labute approximate surface area is 226 Å². The van der Waals surface area contributed by atoms with Gasteiger partial charge in [0.15, 0.2) is 11.6 Å². The van der Waals surface area contributed by atoms with Gasteiger partial charge in [0.1, 0.15) is 5.75 Å². The highest BCUT2D eigenvalue weighted by atomic mass is 35.5. The van der Waals surface area contributed by atoms with Crippen LogP contribution >= 0.6 is 23.2 Å². The second kappa shape index (κ2) is 12.3. The molecule has 192 valence electrons. The van der Waals surface area contributed by atoms with Gasteiger partial charge >= 0.3 is 0 Å². The average molecular weight is 539 g/mol. The van der Waals surface area contributed by atoms with Gasteiger partial charge in [0.05, 0.1) is 6.61 Å². The summed E-state index contributed by atoms with van der Waals surface area (Å²) in [5.74, 6) is 0.682. The lowest BCUT2D eigenvalue weighted by atomic mass is 9.82. The predicted octanol–water partition coefficient (Wildman–Crippen LogP) is 5.56. The molecule has 3 aromatic carbocycles. The predicted molar refractivity (Wildman–Crippen MR) is 147 cm³/mol. The summed E-state index contributed by atoms with van der Waals surface area (Å²) >= 11 is 12.8. The molecule has 1 heterocycles. The smallest absolute Gasteiger partial charge is 0.252 e. The Morgan fingerprint density at radius 1 is 1.14 bits per heavy atom. The third kappa shape index (κ3) is 6.16. The van der Waals surface area contributed by atoms with Crippen LogP contribution in [0.5, 0.6) is 5.75 Å². The Hall–Kier alpha value is -3.32. The minimum absolute atomic E-state index is 0.0643. The minimum atomic E-state index is -1.34. The number of nitrogens with zero attached hydrogens (tertiary/aromatic N) is 1. The van der Waals surface area contributed by atoms with Gasteiger partial charge in [-0.15, -0.1) is 6.58 Å². The summed E-state index contributed by atoms with van der Waals surface area (Å²) in [5.41, 5.74) is 0.884. The number of ether oxygens (including phenoxy) is 2. The summed E-state index contributed by atoms with van der Waals surface area (Å²) in [6.07, 6.45) is 1.64. The van der Waals surface area contributed by atoms with E-state index in [-0.39, 0.29) is 25.5 Å². The van der Waals surface area contributed by atoms with Crippen LogP contribution in [0.2, 0.25) is 10.0 Å². The molecule has 0 unspecified atom stereocenters. The largest absolute Gasteiger partial charge is 0.494 e. The van der Waals surface area contributed by atoms with Gasteiger partial charge in [-0.1, -0.05) is 65.7 Å². The van der Waals surface area contributed by atoms with Gasteiger partial charge in [-0.05, 0) is 42.0 Å². The molecule has 0 spiro atoms. The number of aliphatic imine (C=N–C) groups is 1. The van der Waals surface area contributed by atoms with E-state index < -0.39 is 11.6 Å². The van der Waals surface area contributed by atoms with E-state index >= 15 is 0 Å². The quantitative estimate of drug-likeness (QED) is 0.247. The van der Waals surface area contributed by atoms with E-state index in [1.807, 2.05) is 42.5 Å². The molecule has 4 rings (SSSR count). The lowest BCUT2D eigenvalue weighted by molar-refractivity contribution is -0.128. The van der Waals surface area contributed by atoms with Crippen LogP contribution in [-0.4, -0.2) is 42.2 Å². The van der Waals surface area contributed by atoms with Crippen molar-refractivity contribution in [2.24, 2.45) is 4.99 Å². The molecular weight excluding hydrogens is 511 g/mol. The fraction of sp³-hybridized carbons (Fsp3) is 0.241. The Morgan fingerprint density at radius 2 is 1.89 bits per heavy atom. The van der Waals surface area contributed by atoms with Crippen LogP contribution in [-0.2, 0) is 16.0 Å². The van der Waals surface area contributed by atoms with Gasteiger partial charge in [-0.3, -0.25) is 4.79 Å². The van der Waals surface area contributed by atoms with Crippen LogP contribution in [0.3, 0.4) is 0 Å². The van der Waals surface area contributed by atoms with Crippen molar-refractivity contribution < 1.29 is 19.4 Å². The maximum atomic E-state index is 13.8. The summed E-state index contributed by atoms with van der Waals surface area (Å²) < 4.78 is 12.1. The molecule has 0 radical (unpaired) electrons. The number of nitrogens with one attached hydrogen (secondary N) is 1. The molecule has 1 aliphatic rings. The molecule has 3 aromatic rings. The maximum Gasteiger partial charge on any atom is 0.252 e. The van der Waals surface area contributed by atoms with Gasteiger partial charge in [0.25, 0.3) is 5.91 Å². The number of rotatable bonds is 11. The SMILES string of the molecule is C=CCNC(=O)[C@]1(Cc2ccccc2)N=C(c2ccc(OCCCO)cc2)O[C@@H]1c1ccc(Cl)cc1Cl. The van der Waals surface area contributed by atoms with Crippen molar-refractivity contribution in [3.63, 3.8) is 0 Å². The lowest BCUT2D eigenvalue weighted by Gasteiger charge is -2.31. The second-order valence-electron chi connectivity index (χ2n) is 8.62. The van der Waals surface area contributed by atoms with Crippen LogP contribution in [0.15, 0.2) is 90.4 Å². The molecule has 6 nitrogen and oxygen atoms in total. The number of aliphatic hydroxyl groups is 1. The van der Waals surface area contributed by atoms with E-state index in [9.17, 15) is 4.79 Å². The highest BCUT2D eigenvalue weighted by Crippen LogP contribution is 2.45. The molecule has 0 aromatic heterocycles. The fourth-order valence-corrected chi connectivity index (χ4v) is 4.71. The standard InChI is InChI=1S/C29H28Cl2N2O4/c1-2-15-32-28(35)29(19-20-7-4-3-5-8-20)26(24-14-11-22(30)18-25(24)31)37-27(33-29)21-9-12-23(13-10-21)36-17-6-16-34/h2-5,7-14,18,26,34H,1,6,15-17,19H2,(H,32,35)/t26-,29-/m1/s1. The Morgan fingerprint density at radius 3 is 2.57 bits per heavy atom. The molecule has 0 saturated carbocycles. The zero-order chi connectivity index (χ0) is 26.3. The van der Waals surface area contributed by atoms with Crippen molar-refractivity contribution in [2.45, 2.75) is 24.5 Å². The molecular formula is C29H28Cl2N2O4. The molecule has 2 atom stereocenters. The summed E-state index contributed by atoms with van der Waals surface area (Å²) in [6, 6.07) is 22.1. The third-order valence-electron chi connectivity index (χ3n) is 6.00. The molecule has 0 bridgehead atoms. The van der Waals surface area contributed by atoms with Gasteiger partial charge in [0, 0.05) is 47.2 Å². The van der Waals surface area contributed by atoms with Gasteiger partial charge in [-0.2, -0.15) is 0 Å². The van der Waals surface area contributed by atoms with Crippen LogP contribution < -0.4 is 10.1 Å². The number of hydrogen-bond acceptors (Lipinski definition) is 5. The van der Waals surface area contributed by atoms with Crippen molar-refractivity contribution in [3.8, 4) is 5.75 Å². The van der Waals surface area contributed by atoms with Gasteiger partial charge < -0.3 is 19.9 Å². The first kappa shape index (κ1) is 26.7. The number of hydrogen-bond donors (Lipinski definition) is 2. The Kier molecular flexibility index (Phi) is 8.87. The zero-order valence-electron chi connectivity index (χ0n) is 20.2.